The first-order valence-corrected chi connectivity index (χ1v) is 5.50. The largest absolute Gasteiger partial charge is 0.306 e. The summed E-state index contributed by atoms with van der Waals surface area (Å²) in [5.74, 6) is 0. The second-order valence-corrected chi connectivity index (χ2v) is 4.50. The first kappa shape index (κ1) is 13.9. The van der Waals surface area contributed by atoms with Crippen molar-refractivity contribution in [3.8, 4) is 0 Å². The van der Waals surface area contributed by atoms with Gasteiger partial charge in [0.05, 0.1) is 6.17 Å². The Hall–Kier alpha value is -0.120. The third kappa shape index (κ3) is 5.58. The topological polar surface area (TPSA) is 9.72 Å². The van der Waals surface area contributed by atoms with Gasteiger partial charge in [-0.2, -0.15) is 0 Å². The SMILES string of the molecule is CCCN(C)CCC(N(C)C)N(C)C. The van der Waals surface area contributed by atoms with Gasteiger partial charge in [-0.05, 0) is 54.6 Å². The molecular formula is C11H27N3. The summed E-state index contributed by atoms with van der Waals surface area (Å²) in [5.41, 5.74) is 0. The van der Waals surface area contributed by atoms with Gasteiger partial charge >= 0.3 is 0 Å². The molecule has 0 amide bonds. The molecule has 3 heteroatoms. The predicted molar refractivity (Wildman–Crippen MR) is 63.6 cm³/mol. The minimum Gasteiger partial charge on any atom is -0.306 e. The van der Waals surface area contributed by atoms with Crippen LogP contribution < -0.4 is 0 Å². The molecule has 0 bridgehead atoms. The molecule has 0 aliphatic rings. The Morgan fingerprint density at radius 3 is 1.71 bits per heavy atom. The molecule has 0 radical (unpaired) electrons. The Bertz CT molecular complexity index is 126. The molecule has 0 rings (SSSR count). The van der Waals surface area contributed by atoms with E-state index in [1.807, 2.05) is 0 Å². The van der Waals surface area contributed by atoms with Crippen LogP contribution in [-0.2, 0) is 0 Å². The van der Waals surface area contributed by atoms with Gasteiger partial charge in [0.15, 0.2) is 0 Å². The molecule has 86 valence electrons. The molecule has 0 aromatic heterocycles. The third-order valence-corrected chi connectivity index (χ3v) is 2.57. The monoisotopic (exact) mass is 201 g/mol. The average molecular weight is 201 g/mol. The zero-order chi connectivity index (χ0) is 11.1. The minimum atomic E-state index is 0.550. The molecule has 14 heavy (non-hydrogen) atoms. The summed E-state index contributed by atoms with van der Waals surface area (Å²) in [5, 5.41) is 0. The standard InChI is InChI=1S/C11H27N3/c1-7-9-14(6)10-8-11(12(2)3)13(4)5/h11H,7-10H2,1-6H3. The maximum atomic E-state index is 2.40. The normalized spacial score (nSPS) is 12.4. The summed E-state index contributed by atoms with van der Waals surface area (Å²) in [6, 6.07) is 0. The van der Waals surface area contributed by atoms with Gasteiger partial charge in [-0.15, -0.1) is 0 Å². The van der Waals surface area contributed by atoms with Gasteiger partial charge in [-0.3, -0.25) is 9.80 Å². The highest BCUT2D eigenvalue weighted by atomic mass is 15.3. The van der Waals surface area contributed by atoms with Gasteiger partial charge in [-0.1, -0.05) is 6.92 Å². The van der Waals surface area contributed by atoms with Gasteiger partial charge in [0.2, 0.25) is 0 Å². The lowest BCUT2D eigenvalue weighted by atomic mass is 10.2. The van der Waals surface area contributed by atoms with Crippen LogP contribution in [0.5, 0.6) is 0 Å². The molecule has 0 aromatic rings. The van der Waals surface area contributed by atoms with Crippen LogP contribution in [0.15, 0.2) is 0 Å². The van der Waals surface area contributed by atoms with Crippen molar-refractivity contribution in [3.05, 3.63) is 0 Å². The van der Waals surface area contributed by atoms with E-state index < -0.39 is 0 Å². The zero-order valence-electron chi connectivity index (χ0n) is 10.7. The summed E-state index contributed by atoms with van der Waals surface area (Å²) in [6.07, 6.45) is 3.00. The highest BCUT2D eigenvalue weighted by molar-refractivity contribution is 4.65. The third-order valence-electron chi connectivity index (χ3n) is 2.57. The van der Waals surface area contributed by atoms with Crippen LogP contribution in [0.4, 0.5) is 0 Å². The minimum absolute atomic E-state index is 0.550. The Morgan fingerprint density at radius 2 is 1.36 bits per heavy atom. The van der Waals surface area contributed by atoms with E-state index in [2.05, 4.69) is 56.9 Å². The van der Waals surface area contributed by atoms with E-state index in [4.69, 9.17) is 0 Å². The molecule has 0 saturated carbocycles. The van der Waals surface area contributed by atoms with Crippen molar-refractivity contribution >= 4 is 0 Å². The van der Waals surface area contributed by atoms with Crippen molar-refractivity contribution < 1.29 is 0 Å². The molecule has 0 atom stereocenters. The summed E-state index contributed by atoms with van der Waals surface area (Å²) >= 11 is 0. The first-order chi connectivity index (χ1) is 6.49. The van der Waals surface area contributed by atoms with Gasteiger partial charge in [0.1, 0.15) is 0 Å². The maximum absolute atomic E-state index is 2.40. The van der Waals surface area contributed by atoms with E-state index in [1.165, 1.54) is 25.9 Å². The van der Waals surface area contributed by atoms with Crippen LogP contribution in [0.3, 0.4) is 0 Å². The Kier molecular flexibility index (Phi) is 7.15. The van der Waals surface area contributed by atoms with Crippen molar-refractivity contribution in [1.82, 2.24) is 14.7 Å². The van der Waals surface area contributed by atoms with E-state index in [-0.39, 0.29) is 0 Å². The van der Waals surface area contributed by atoms with Crippen molar-refractivity contribution in [3.63, 3.8) is 0 Å². The van der Waals surface area contributed by atoms with Gasteiger partial charge in [0, 0.05) is 6.54 Å². The molecule has 0 heterocycles. The average Bonchev–Trinajstić information content (AvgIpc) is 2.03. The summed E-state index contributed by atoms with van der Waals surface area (Å²) in [4.78, 5) is 6.96. The molecule has 0 unspecified atom stereocenters. The van der Waals surface area contributed by atoms with E-state index in [9.17, 15) is 0 Å². The van der Waals surface area contributed by atoms with E-state index in [1.54, 1.807) is 0 Å². The second-order valence-electron chi connectivity index (χ2n) is 4.50. The van der Waals surface area contributed by atoms with Crippen LogP contribution in [0.2, 0.25) is 0 Å². The fourth-order valence-corrected chi connectivity index (χ4v) is 1.81. The van der Waals surface area contributed by atoms with Gasteiger partial charge < -0.3 is 4.90 Å². The molecule has 0 fully saturated rings. The molecular weight excluding hydrogens is 174 g/mol. The smallest absolute Gasteiger partial charge is 0.0624 e. The van der Waals surface area contributed by atoms with E-state index in [0.717, 1.165) is 0 Å². The summed E-state index contributed by atoms with van der Waals surface area (Å²) in [7, 11) is 10.8. The van der Waals surface area contributed by atoms with Crippen molar-refractivity contribution in [2.24, 2.45) is 0 Å². The summed E-state index contributed by atoms with van der Waals surface area (Å²) in [6.45, 7) is 4.61. The van der Waals surface area contributed by atoms with Gasteiger partial charge in [0.25, 0.3) is 0 Å². The number of hydrogen-bond donors (Lipinski definition) is 0. The maximum Gasteiger partial charge on any atom is 0.0624 e. The van der Waals surface area contributed by atoms with Crippen LogP contribution in [0.25, 0.3) is 0 Å². The van der Waals surface area contributed by atoms with Crippen molar-refractivity contribution in [2.75, 3.05) is 48.3 Å². The molecule has 0 aromatic carbocycles. The Morgan fingerprint density at radius 1 is 0.857 bits per heavy atom. The van der Waals surface area contributed by atoms with E-state index in [0.29, 0.717) is 6.17 Å². The lowest BCUT2D eigenvalue weighted by molar-refractivity contribution is 0.108. The first-order valence-electron chi connectivity index (χ1n) is 5.50. The van der Waals surface area contributed by atoms with Crippen LogP contribution >= 0.6 is 0 Å². The highest BCUT2D eigenvalue weighted by Crippen LogP contribution is 2.03. The van der Waals surface area contributed by atoms with Crippen LogP contribution in [0.1, 0.15) is 19.8 Å². The second kappa shape index (κ2) is 7.21. The number of nitrogens with zero attached hydrogens (tertiary/aromatic N) is 3. The fourth-order valence-electron chi connectivity index (χ4n) is 1.81. The number of rotatable bonds is 7. The van der Waals surface area contributed by atoms with Crippen molar-refractivity contribution in [2.45, 2.75) is 25.9 Å². The molecule has 0 N–H and O–H groups in total. The fraction of sp³-hybridized carbons (Fsp3) is 1.00. The quantitative estimate of drug-likeness (QED) is 0.573. The number of hydrogen-bond acceptors (Lipinski definition) is 3. The van der Waals surface area contributed by atoms with Crippen LogP contribution in [-0.4, -0.2) is 69.2 Å². The molecule has 3 nitrogen and oxygen atoms in total. The van der Waals surface area contributed by atoms with Crippen molar-refractivity contribution in [1.29, 1.82) is 0 Å². The zero-order valence-corrected chi connectivity index (χ0v) is 10.7. The van der Waals surface area contributed by atoms with E-state index >= 15 is 0 Å². The molecule has 0 saturated heterocycles. The lowest BCUT2D eigenvalue weighted by Crippen LogP contribution is -2.42. The molecule has 0 aliphatic heterocycles. The van der Waals surface area contributed by atoms with Gasteiger partial charge in [-0.25, -0.2) is 0 Å². The summed E-state index contributed by atoms with van der Waals surface area (Å²) < 4.78 is 0. The highest BCUT2D eigenvalue weighted by Gasteiger charge is 2.13. The van der Waals surface area contributed by atoms with Crippen LogP contribution in [0, 0.1) is 0 Å². The molecule has 0 spiro atoms. The molecule has 0 aliphatic carbocycles. The Balaban J connectivity index is 3.82. The predicted octanol–water partition coefficient (Wildman–Crippen LogP) is 1.17. The Labute approximate surface area is 89.7 Å². The lowest BCUT2D eigenvalue weighted by Gasteiger charge is -2.31.